The Bertz CT molecular complexity index is 594. The van der Waals surface area contributed by atoms with Crippen LogP contribution in [0.1, 0.15) is 44.9 Å². The standard InChI is InChI=1S/C16H21N3S/c1-2-7-14-12(5-1)6-3-4-9-19(14)15-13-8-10-20-16(13)18-11-17-15/h8,10-12,14H,1-7,9H2/t12-,14-/m0/s1. The average Bonchev–Trinajstić information content (AvgIpc) is 2.87. The number of aromatic nitrogens is 2. The van der Waals surface area contributed by atoms with Crippen molar-refractivity contribution in [2.45, 2.75) is 51.0 Å². The molecule has 2 fully saturated rings. The van der Waals surface area contributed by atoms with Crippen LogP contribution in [-0.2, 0) is 0 Å². The van der Waals surface area contributed by atoms with Crippen molar-refractivity contribution in [3.63, 3.8) is 0 Å². The van der Waals surface area contributed by atoms with Crippen LogP contribution in [0.25, 0.3) is 10.2 Å². The molecule has 2 aromatic heterocycles. The molecule has 1 saturated carbocycles. The molecule has 0 spiro atoms. The van der Waals surface area contributed by atoms with Gasteiger partial charge in [0.1, 0.15) is 17.0 Å². The van der Waals surface area contributed by atoms with E-state index in [9.17, 15) is 0 Å². The molecule has 1 aliphatic carbocycles. The molecule has 3 heterocycles. The Morgan fingerprint density at radius 2 is 1.90 bits per heavy atom. The molecule has 1 aliphatic heterocycles. The zero-order valence-corrected chi connectivity index (χ0v) is 12.6. The predicted molar refractivity (Wildman–Crippen MR) is 84.4 cm³/mol. The number of hydrogen-bond acceptors (Lipinski definition) is 4. The second kappa shape index (κ2) is 5.32. The summed E-state index contributed by atoms with van der Waals surface area (Å²) in [7, 11) is 0. The van der Waals surface area contributed by atoms with E-state index in [1.807, 2.05) is 0 Å². The lowest BCUT2D eigenvalue weighted by molar-refractivity contribution is 0.291. The van der Waals surface area contributed by atoms with Crippen LogP contribution >= 0.6 is 11.3 Å². The maximum Gasteiger partial charge on any atom is 0.141 e. The molecule has 0 N–H and O–H groups in total. The van der Waals surface area contributed by atoms with E-state index in [1.165, 1.54) is 62.7 Å². The molecule has 0 amide bonds. The summed E-state index contributed by atoms with van der Waals surface area (Å²) in [6, 6.07) is 2.90. The van der Waals surface area contributed by atoms with Crippen molar-refractivity contribution >= 4 is 27.4 Å². The molecule has 4 rings (SSSR count). The summed E-state index contributed by atoms with van der Waals surface area (Å²) in [5.41, 5.74) is 0. The summed E-state index contributed by atoms with van der Waals surface area (Å²) in [4.78, 5) is 12.8. The van der Waals surface area contributed by atoms with Gasteiger partial charge in [0.25, 0.3) is 0 Å². The largest absolute Gasteiger partial charge is 0.353 e. The van der Waals surface area contributed by atoms with Crippen LogP contribution in [-0.4, -0.2) is 22.6 Å². The van der Waals surface area contributed by atoms with Gasteiger partial charge in [0.05, 0.1) is 5.39 Å². The number of fused-ring (bicyclic) bond motifs is 2. The topological polar surface area (TPSA) is 29.0 Å². The van der Waals surface area contributed by atoms with Crippen LogP contribution in [0.15, 0.2) is 17.8 Å². The third kappa shape index (κ3) is 2.10. The summed E-state index contributed by atoms with van der Waals surface area (Å²) in [6.45, 7) is 1.17. The Hall–Kier alpha value is -1.16. The normalized spacial score (nSPS) is 27.3. The third-order valence-electron chi connectivity index (χ3n) is 5.01. The molecular formula is C16H21N3S. The summed E-state index contributed by atoms with van der Waals surface area (Å²) < 4.78 is 0. The third-order valence-corrected chi connectivity index (χ3v) is 5.83. The van der Waals surface area contributed by atoms with E-state index in [4.69, 9.17) is 0 Å². The zero-order chi connectivity index (χ0) is 13.4. The van der Waals surface area contributed by atoms with Crippen molar-refractivity contribution in [3.8, 4) is 0 Å². The SMILES string of the molecule is c1nc(N2CCCC[C@@H]3CCCC[C@@H]32)c2ccsc2n1. The zero-order valence-electron chi connectivity index (χ0n) is 11.8. The van der Waals surface area contributed by atoms with Gasteiger partial charge in [0, 0.05) is 12.6 Å². The lowest BCUT2D eigenvalue weighted by atomic mass is 9.81. The summed E-state index contributed by atoms with van der Waals surface area (Å²) in [5.74, 6) is 2.07. The fourth-order valence-corrected chi connectivity index (χ4v) is 4.79. The highest BCUT2D eigenvalue weighted by Gasteiger charge is 2.33. The minimum absolute atomic E-state index is 0.712. The highest BCUT2D eigenvalue weighted by Crippen LogP contribution is 2.38. The number of rotatable bonds is 1. The van der Waals surface area contributed by atoms with Gasteiger partial charge in [-0.2, -0.15) is 0 Å². The number of hydrogen-bond donors (Lipinski definition) is 0. The highest BCUT2D eigenvalue weighted by atomic mass is 32.1. The molecule has 0 bridgehead atoms. The van der Waals surface area contributed by atoms with E-state index in [0.717, 1.165) is 10.7 Å². The molecule has 0 aromatic carbocycles. The lowest BCUT2D eigenvalue weighted by Gasteiger charge is -2.39. The van der Waals surface area contributed by atoms with Crippen LogP contribution in [0.3, 0.4) is 0 Å². The van der Waals surface area contributed by atoms with Crippen LogP contribution in [0, 0.1) is 5.92 Å². The van der Waals surface area contributed by atoms with Crippen molar-refractivity contribution in [2.24, 2.45) is 5.92 Å². The molecular weight excluding hydrogens is 266 g/mol. The van der Waals surface area contributed by atoms with Crippen molar-refractivity contribution in [3.05, 3.63) is 17.8 Å². The first-order chi connectivity index (χ1) is 9.93. The average molecular weight is 287 g/mol. The van der Waals surface area contributed by atoms with Crippen LogP contribution in [0.2, 0.25) is 0 Å². The Kier molecular flexibility index (Phi) is 3.34. The summed E-state index contributed by atoms with van der Waals surface area (Å²) in [5, 5.41) is 3.39. The van der Waals surface area contributed by atoms with E-state index in [-0.39, 0.29) is 0 Å². The maximum absolute atomic E-state index is 4.66. The van der Waals surface area contributed by atoms with E-state index in [2.05, 4.69) is 26.3 Å². The molecule has 1 saturated heterocycles. The maximum atomic E-state index is 4.66. The van der Waals surface area contributed by atoms with Crippen molar-refractivity contribution in [1.82, 2.24) is 9.97 Å². The second-order valence-electron chi connectivity index (χ2n) is 6.14. The fraction of sp³-hybridized carbons (Fsp3) is 0.625. The first-order valence-electron chi connectivity index (χ1n) is 7.88. The predicted octanol–water partition coefficient (Wildman–Crippen LogP) is 4.24. The van der Waals surface area contributed by atoms with Gasteiger partial charge in [-0.05, 0) is 43.0 Å². The Morgan fingerprint density at radius 3 is 2.85 bits per heavy atom. The Balaban J connectivity index is 1.76. The fourth-order valence-electron chi connectivity index (χ4n) is 4.06. The van der Waals surface area contributed by atoms with Gasteiger partial charge in [-0.25, -0.2) is 9.97 Å². The molecule has 0 unspecified atom stereocenters. The first kappa shape index (κ1) is 12.6. The van der Waals surface area contributed by atoms with Crippen molar-refractivity contribution < 1.29 is 0 Å². The first-order valence-corrected chi connectivity index (χ1v) is 8.76. The van der Waals surface area contributed by atoms with E-state index < -0.39 is 0 Å². The number of thiophene rings is 1. The molecule has 20 heavy (non-hydrogen) atoms. The van der Waals surface area contributed by atoms with E-state index in [0.29, 0.717) is 6.04 Å². The van der Waals surface area contributed by atoms with Crippen LogP contribution in [0.4, 0.5) is 5.82 Å². The minimum atomic E-state index is 0.712. The smallest absolute Gasteiger partial charge is 0.141 e. The van der Waals surface area contributed by atoms with Crippen LogP contribution < -0.4 is 4.90 Å². The van der Waals surface area contributed by atoms with Gasteiger partial charge < -0.3 is 4.90 Å². The quantitative estimate of drug-likeness (QED) is 0.785. The Labute approximate surface area is 124 Å². The lowest BCUT2D eigenvalue weighted by Crippen LogP contribution is -2.42. The van der Waals surface area contributed by atoms with Crippen LogP contribution in [0.5, 0.6) is 0 Å². The van der Waals surface area contributed by atoms with Gasteiger partial charge in [0.2, 0.25) is 0 Å². The van der Waals surface area contributed by atoms with E-state index >= 15 is 0 Å². The van der Waals surface area contributed by atoms with E-state index in [1.54, 1.807) is 17.7 Å². The van der Waals surface area contributed by atoms with Crippen molar-refractivity contribution in [1.29, 1.82) is 0 Å². The molecule has 2 atom stereocenters. The molecule has 3 nitrogen and oxygen atoms in total. The minimum Gasteiger partial charge on any atom is -0.353 e. The molecule has 2 aliphatic rings. The molecule has 0 radical (unpaired) electrons. The Morgan fingerprint density at radius 1 is 1.05 bits per heavy atom. The summed E-state index contributed by atoms with van der Waals surface area (Å²) >= 11 is 1.72. The molecule has 106 valence electrons. The van der Waals surface area contributed by atoms with Gasteiger partial charge in [0.15, 0.2) is 0 Å². The summed E-state index contributed by atoms with van der Waals surface area (Å²) in [6.07, 6.45) is 11.4. The molecule has 2 aromatic rings. The monoisotopic (exact) mass is 287 g/mol. The number of anilines is 1. The second-order valence-corrected chi connectivity index (χ2v) is 7.03. The van der Waals surface area contributed by atoms with Gasteiger partial charge in [-0.3, -0.25) is 0 Å². The number of nitrogens with zero attached hydrogens (tertiary/aromatic N) is 3. The van der Waals surface area contributed by atoms with Crippen molar-refractivity contribution in [2.75, 3.05) is 11.4 Å². The molecule has 4 heteroatoms. The van der Waals surface area contributed by atoms with Gasteiger partial charge in [-0.1, -0.05) is 19.3 Å². The van der Waals surface area contributed by atoms with Gasteiger partial charge in [-0.15, -0.1) is 11.3 Å². The van der Waals surface area contributed by atoms with Gasteiger partial charge >= 0.3 is 0 Å². The highest BCUT2D eigenvalue weighted by molar-refractivity contribution is 7.16.